The largest absolute Gasteiger partial charge is 0.438 e. The van der Waals surface area contributed by atoms with Crippen molar-refractivity contribution in [1.82, 2.24) is 4.98 Å². The summed E-state index contributed by atoms with van der Waals surface area (Å²) in [4.78, 5) is 17.6. The van der Waals surface area contributed by atoms with Crippen molar-refractivity contribution < 1.29 is 9.53 Å². The average Bonchev–Trinajstić information content (AvgIpc) is 2.80. The number of nitrogens with one attached hydrogen (secondary N) is 1. The van der Waals surface area contributed by atoms with Crippen LogP contribution in [-0.4, -0.2) is 16.6 Å². The molecule has 1 N–H and O–H groups in total. The van der Waals surface area contributed by atoms with Gasteiger partial charge in [-0.2, -0.15) is 5.26 Å². The molecule has 0 radical (unpaired) electrons. The fourth-order valence-corrected chi connectivity index (χ4v) is 3.85. The molecule has 4 rings (SSSR count). The predicted octanol–water partition coefficient (Wildman–Crippen LogP) is 5.94. The van der Waals surface area contributed by atoms with E-state index in [0.29, 0.717) is 17.1 Å². The lowest BCUT2D eigenvalue weighted by Crippen LogP contribution is -2.14. The number of hydrogen-bond donors (Lipinski definition) is 1. The molecular formula is C25H19N3O2S. The van der Waals surface area contributed by atoms with Crippen molar-refractivity contribution in [1.29, 1.82) is 5.26 Å². The zero-order chi connectivity index (χ0) is 21.6. The van der Waals surface area contributed by atoms with Crippen LogP contribution in [0.1, 0.15) is 11.1 Å². The van der Waals surface area contributed by atoms with Gasteiger partial charge in [0.05, 0.1) is 5.75 Å². The summed E-state index contributed by atoms with van der Waals surface area (Å²) in [6.07, 6.45) is 1.57. The topological polar surface area (TPSA) is 75.0 Å². The molecule has 1 aromatic heterocycles. The number of amides is 1. The summed E-state index contributed by atoms with van der Waals surface area (Å²) in [5.74, 6) is 1.05. The monoisotopic (exact) mass is 425 g/mol. The predicted molar refractivity (Wildman–Crippen MR) is 124 cm³/mol. The fraction of sp³-hybridized carbons (Fsp3) is 0.0800. The van der Waals surface area contributed by atoms with Gasteiger partial charge in [0, 0.05) is 16.8 Å². The molecule has 0 spiro atoms. The van der Waals surface area contributed by atoms with E-state index in [0.717, 1.165) is 21.5 Å². The molecule has 6 heteroatoms. The number of nitrogens with zero attached hydrogens (tertiary/aromatic N) is 2. The Kier molecular flexibility index (Phi) is 6.16. The molecule has 152 valence electrons. The molecule has 0 bridgehead atoms. The molecule has 0 saturated heterocycles. The lowest BCUT2D eigenvalue weighted by Gasteiger charge is -2.11. The van der Waals surface area contributed by atoms with Crippen LogP contribution in [0.2, 0.25) is 0 Å². The van der Waals surface area contributed by atoms with E-state index in [9.17, 15) is 4.79 Å². The van der Waals surface area contributed by atoms with Gasteiger partial charge in [-0.15, -0.1) is 11.8 Å². The van der Waals surface area contributed by atoms with Crippen molar-refractivity contribution >= 4 is 34.1 Å². The number of anilines is 1. The second-order valence-electron chi connectivity index (χ2n) is 6.89. The first-order valence-corrected chi connectivity index (χ1v) is 10.7. The number of aromatic nitrogens is 1. The van der Waals surface area contributed by atoms with Crippen molar-refractivity contribution in [2.75, 3.05) is 11.1 Å². The SMILES string of the molecule is Cc1cc(Oc2ncccc2C#N)ccc1NC(=O)CSc1ccc2ccccc2c1. The molecule has 0 atom stereocenters. The number of benzene rings is 3. The van der Waals surface area contributed by atoms with Crippen molar-refractivity contribution in [3.63, 3.8) is 0 Å². The third kappa shape index (κ3) is 5.03. The van der Waals surface area contributed by atoms with Gasteiger partial charge in [0.25, 0.3) is 0 Å². The smallest absolute Gasteiger partial charge is 0.237 e. The first-order chi connectivity index (χ1) is 15.1. The van der Waals surface area contributed by atoms with Gasteiger partial charge in [-0.3, -0.25) is 4.79 Å². The van der Waals surface area contributed by atoms with Crippen molar-refractivity contribution in [3.8, 4) is 17.7 Å². The standard InChI is InChI=1S/C25H19N3O2S/c1-17-13-21(30-25-20(15-26)7-4-12-27-25)9-11-23(17)28-24(29)16-31-22-10-8-18-5-2-3-6-19(18)14-22/h2-14H,16H2,1H3,(H,28,29). The van der Waals surface area contributed by atoms with Crippen LogP contribution in [0.3, 0.4) is 0 Å². The van der Waals surface area contributed by atoms with Gasteiger partial charge in [-0.1, -0.05) is 30.3 Å². The number of pyridine rings is 1. The van der Waals surface area contributed by atoms with Gasteiger partial charge in [0.1, 0.15) is 17.4 Å². The van der Waals surface area contributed by atoms with E-state index in [1.165, 1.54) is 17.1 Å². The Labute approximate surface area is 184 Å². The van der Waals surface area contributed by atoms with Crippen LogP contribution in [0.25, 0.3) is 10.8 Å². The van der Waals surface area contributed by atoms with E-state index < -0.39 is 0 Å². The molecule has 3 aromatic carbocycles. The zero-order valence-electron chi connectivity index (χ0n) is 16.8. The molecule has 0 aliphatic heterocycles. The Morgan fingerprint density at radius 1 is 1.06 bits per heavy atom. The molecule has 0 saturated carbocycles. The summed E-state index contributed by atoms with van der Waals surface area (Å²) < 4.78 is 5.73. The highest BCUT2D eigenvalue weighted by atomic mass is 32.2. The lowest BCUT2D eigenvalue weighted by atomic mass is 10.1. The highest BCUT2D eigenvalue weighted by Crippen LogP contribution is 2.27. The van der Waals surface area contributed by atoms with Gasteiger partial charge < -0.3 is 10.1 Å². The molecule has 5 nitrogen and oxygen atoms in total. The first-order valence-electron chi connectivity index (χ1n) is 9.67. The Balaban J connectivity index is 1.38. The number of carbonyl (C=O) groups is 1. The maximum absolute atomic E-state index is 12.5. The minimum atomic E-state index is -0.0774. The van der Waals surface area contributed by atoms with Gasteiger partial charge in [0.15, 0.2) is 0 Å². The third-order valence-electron chi connectivity index (χ3n) is 4.67. The van der Waals surface area contributed by atoms with Crippen molar-refractivity contribution in [2.45, 2.75) is 11.8 Å². The van der Waals surface area contributed by atoms with E-state index in [4.69, 9.17) is 10.00 Å². The number of fused-ring (bicyclic) bond motifs is 1. The Bertz CT molecular complexity index is 1300. The molecular weight excluding hydrogens is 406 g/mol. The minimum Gasteiger partial charge on any atom is -0.438 e. The molecule has 0 unspecified atom stereocenters. The average molecular weight is 426 g/mol. The first kappa shape index (κ1) is 20.5. The summed E-state index contributed by atoms with van der Waals surface area (Å²) in [6.45, 7) is 1.89. The van der Waals surface area contributed by atoms with Crippen molar-refractivity contribution in [3.05, 3.63) is 90.1 Å². The van der Waals surface area contributed by atoms with Gasteiger partial charge in [-0.25, -0.2) is 4.98 Å². The summed E-state index contributed by atoms with van der Waals surface area (Å²) >= 11 is 1.50. The summed E-state index contributed by atoms with van der Waals surface area (Å²) in [7, 11) is 0. The van der Waals surface area contributed by atoms with E-state index in [2.05, 4.69) is 40.6 Å². The van der Waals surface area contributed by atoms with Gasteiger partial charge in [-0.05, 0) is 65.7 Å². The maximum atomic E-state index is 12.5. The molecule has 0 fully saturated rings. The summed E-state index contributed by atoms with van der Waals surface area (Å²) in [5.41, 5.74) is 1.94. The molecule has 4 aromatic rings. The lowest BCUT2D eigenvalue weighted by molar-refractivity contribution is -0.113. The third-order valence-corrected chi connectivity index (χ3v) is 5.66. The molecule has 31 heavy (non-hydrogen) atoms. The highest BCUT2D eigenvalue weighted by molar-refractivity contribution is 8.00. The zero-order valence-corrected chi connectivity index (χ0v) is 17.6. The normalized spacial score (nSPS) is 10.5. The Morgan fingerprint density at radius 3 is 2.71 bits per heavy atom. The second kappa shape index (κ2) is 9.33. The Morgan fingerprint density at radius 2 is 1.90 bits per heavy atom. The molecule has 1 amide bonds. The number of ether oxygens (including phenoxy) is 1. The molecule has 0 aliphatic rings. The van der Waals surface area contributed by atoms with Gasteiger partial charge >= 0.3 is 0 Å². The van der Waals surface area contributed by atoms with Gasteiger partial charge in [0.2, 0.25) is 11.8 Å². The quantitative estimate of drug-likeness (QED) is 0.387. The van der Waals surface area contributed by atoms with Crippen molar-refractivity contribution in [2.24, 2.45) is 0 Å². The minimum absolute atomic E-state index is 0.0774. The second-order valence-corrected chi connectivity index (χ2v) is 7.94. The number of nitriles is 1. The Hall–Kier alpha value is -3.82. The van der Waals surface area contributed by atoms with E-state index in [1.54, 1.807) is 30.5 Å². The van der Waals surface area contributed by atoms with Crippen LogP contribution >= 0.6 is 11.8 Å². The van der Waals surface area contributed by atoms with E-state index >= 15 is 0 Å². The van der Waals surface area contributed by atoms with E-state index in [1.807, 2.05) is 31.2 Å². The van der Waals surface area contributed by atoms with E-state index in [-0.39, 0.29) is 11.8 Å². The number of hydrogen-bond acceptors (Lipinski definition) is 5. The highest BCUT2D eigenvalue weighted by Gasteiger charge is 2.10. The summed E-state index contributed by atoms with van der Waals surface area (Å²) in [5, 5.41) is 14.4. The fourth-order valence-electron chi connectivity index (χ4n) is 3.10. The molecule has 0 aliphatic carbocycles. The van der Waals surface area contributed by atoms with Crippen LogP contribution in [0.4, 0.5) is 5.69 Å². The maximum Gasteiger partial charge on any atom is 0.237 e. The summed E-state index contributed by atoms with van der Waals surface area (Å²) in [6, 6.07) is 25.1. The van der Waals surface area contributed by atoms with Crippen LogP contribution in [0.15, 0.2) is 83.9 Å². The number of aryl methyl sites for hydroxylation is 1. The molecule has 1 heterocycles. The number of rotatable bonds is 6. The van der Waals surface area contributed by atoms with Crippen LogP contribution in [-0.2, 0) is 4.79 Å². The van der Waals surface area contributed by atoms with Crippen LogP contribution < -0.4 is 10.1 Å². The number of carbonyl (C=O) groups excluding carboxylic acids is 1. The van der Waals surface area contributed by atoms with Crippen LogP contribution in [0, 0.1) is 18.3 Å². The number of thioether (sulfide) groups is 1. The van der Waals surface area contributed by atoms with Crippen LogP contribution in [0.5, 0.6) is 11.6 Å².